The number of amides is 1. The van der Waals surface area contributed by atoms with E-state index in [4.69, 9.17) is 0 Å². The van der Waals surface area contributed by atoms with Crippen LogP contribution in [0.2, 0.25) is 0 Å². The van der Waals surface area contributed by atoms with E-state index in [1.165, 1.54) is 17.3 Å². The molecular formula is C26H28F3N3O. The lowest BCUT2D eigenvalue weighted by Gasteiger charge is -2.37. The molecule has 1 aliphatic heterocycles. The molecular weight excluding hydrogens is 427 g/mol. The summed E-state index contributed by atoms with van der Waals surface area (Å²) >= 11 is 0. The number of alkyl halides is 3. The maximum Gasteiger partial charge on any atom is 0.416 e. The number of aromatic nitrogens is 1. The lowest BCUT2D eigenvalue weighted by atomic mass is 10.1. The number of anilines is 1. The molecule has 0 radical (unpaired) electrons. The monoisotopic (exact) mass is 455 g/mol. The number of piperazine rings is 1. The van der Waals surface area contributed by atoms with Crippen molar-refractivity contribution in [2.24, 2.45) is 0 Å². The molecule has 1 fully saturated rings. The number of halogens is 3. The number of benzene rings is 2. The van der Waals surface area contributed by atoms with Gasteiger partial charge in [-0.2, -0.15) is 13.2 Å². The minimum absolute atomic E-state index is 0.0722. The van der Waals surface area contributed by atoms with Crippen LogP contribution in [0.5, 0.6) is 0 Å². The van der Waals surface area contributed by atoms with Gasteiger partial charge in [0.15, 0.2) is 0 Å². The third-order valence-corrected chi connectivity index (χ3v) is 6.32. The van der Waals surface area contributed by atoms with Crippen LogP contribution < -0.4 is 4.90 Å². The van der Waals surface area contributed by atoms with E-state index in [1.807, 2.05) is 41.5 Å². The highest BCUT2D eigenvalue weighted by Gasteiger charge is 2.31. The first-order chi connectivity index (χ1) is 15.6. The van der Waals surface area contributed by atoms with Crippen molar-refractivity contribution in [3.8, 4) is 0 Å². The van der Waals surface area contributed by atoms with Gasteiger partial charge < -0.3 is 14.4 Å². The molecule has 0 bridgehead atoms. The van der Waals surface area contributed by atoms with Gasteiger partial charge in [-0.15, -0.1) is 0 Å². The Morgan fingerprint density at radius 1 is 0.879 bits per heavy atom. The van der Waals surface area contributed by atoms with Gasteiger partial charge in [0.2, 0.25) is 0 Å². The van der Waals surface area contributed by atoms with Crippen molar-refractivity contribution >= 4 is 11.6 Å². The van der Waals surface area contributed by atoms with Crippen molar-refractivity contribution in [3.05, 3.63) is 88.2 Å². The third-order valence-electron chi connectivity index (χ3n) is 6.32. The smallest absolute Gasteiger partial charge is 0.368 e. The molecule has 0 saturated carbocycles. The van der Waals surface area contributed by atoms with Crippen molar-refractivity contribution in [3.63, 3.8) is 0 Å². The minimum Gasteiger partial charge on any atom is -0.368 e. The maximum absolute atomic E-state index is 13.5. The summed E-state index contributed by atoms with van der Waals surface area (Å²) in [5.74, 6) is -0.0722. The van der Waals surface area contributed by atoms with E-state index in [0.29, 0.717) is 24.3 Å². The van der Waals surface area contributed by atoms with Gasteiger partial charge in [-0.3, -0.25) is 4.79 Å². The molecule has 4 nitrogen and oxygen atoms in total. The predicted molar refractivity (Wildman–Crippen MR) is 124 cm³/mol. The molecule has 1 amide bonds. The summed E-state index contributed by atoms with van der Waals surface area (Å²) in [5.41, 5.74) is 4.47. The summed E-state index contributed by atoms with van der Waals surface area (Å²) in [5, 5.41) is 0. The second kappa shape index (κ2) is 8.96. The highest BCUT2D eigenvalue weighted by Crippen LogP contribution is 2.30. The van der Waals surface area contributed by atoms with E-state index in [0.717, 1.165) is 36.5 Å². The van der Waals surface area contributed by atoms with E-state index >= 15 is 0 Å². The standard InChI is InChI=1S/C26H28F3N3O/c1-18-7-4-5-10-23(18)30-11-13-31(14-12-30)25(33)24-19(2)15-20(3)32(24)17-21-8-6-9-22(16-21)26(27,28)29/h4-10,15-16H,11-14,17H2,1-3H3. The van der Waals surface area contributed by atoms with Crippen LogP contribution in [0.1, 0.15) is 38.4 Å². The van der Waals surface area contributed by atoms with Crippen molar-refractivity contribution in [2.45, 2.75) is 33.5 Å². The van der Waals surface area contributed by atoms with Crippen LogP contribution in [0, 0.1) is 20.8 Å². The molecule has 2 heterocycles. The van der Waals surface area contributed by atoms with Crippen molar-refractivity contribution in [1.29, 1.82) is 0 Å². The molecule has 1 aromatic heterocycles. The average molecular weight is 456 g/mol. The molecule has 1 aliphatic rings. The number of nitrogens with zero attached hydrogens (tertiary/aromatic N) is 3. The quantitative estimate of drug-likeness (QED) is 0.524. The molecule has 0 aliphatic carbocycles. The van der Waals surface area contributed by atoms with Crippen LogP contribution in [0.4, 0.5) is 18.9 Å². The van der Waals surface area contributed by atoms with E-state index in [-0.39, 0.29) is 12.5 Å². The van der Waals surface area contributed by atoms with E-state index < -0.39 is 11.7 Å². The lowest BCUT2D eigenvalue weighted by molar-refractivity contribution is -0.137. The first-order valence-corrected chi connectivity index (χ1v) is 11.1. The molecule has 0 atom stereocenters. The number of aryl methyl sites for hydroxylation is 3. The molecule has 7 heteroatoms. The Morgan fingerprint density at radius 3 is 2.24 bits per heavy atom. The summed E-state index contributed by atoms with van der Waals surface area (Å²) in [6.45, 7) is 8.74. The van der Waals surface area contributed by atoms with Crippen molar-refractivity contribution < 1.29 is 18.0 Å². The zero-order valence-electron chi connectivity index (χ0n) is 19.1. The Kier molecular flexibility index (Phi) is 6.23. The summed E-state index contributed by atoms with van der Waals surface area (Å²) in [6, 6.07) is 15.4. The number of para-hydroxylation sites is 1. The number of carbonyl (C=O) groups excluding carboxylic acids is 1. The lowest BCUT2D eigenvalue weighted by Crippen LogP contribution is -2.49. The summed E-state index contributed by atoms with van der Waals surface area (Å²) in [6.07, 6.45) is -4.40. The Balaban J connectivity index is 1.53. The first kappa shape index (κ1) is 23.0. The van der Waals surface area contributed by atoms with Crippen LogP contribution in [0.25, 0.3) is 0 Å². The highest BCUT2D eigenvalue weighted by molar-refractivity contribution is 5.94. The number of carbonyl (C=O) groups is 1. The van der Waals surface area contributed by atoms with Gasteiger partial charge in [0, 0.05) is 44.1 Å². The zero-order chi connectivity index (χ0) is 23.8. The number of rotatable bonds is 4. The van der Waals surface area contributed by atoms with Gasteiger partial charge in [-0.05, 0) is 61.7 Å². The Bertz CT molecular complexity index is 1160. The van der Waals surface area contributed by atoms with Crippen molar-refractivity contribution in [1.82, 2.24) is 9.47 Å². The van der Waals surface area contributed by atoms with Crippen LogP contribution in [-0.2, 0) is 12.7 Å². The van der Waals surface area contributed by atoms with Gasteiger partial charge in [-0.1, -0.05) is 30.3 Å². The highest BCUT2D eigenvalue weighted by atomic mass is 19.4. The largest absolute Gasteiger partial charge is 0.416 e. The molecule has 33 heavy (non-hydrogen) atoms. The first-order valence-electron chi connectivity index (χ1n) is 11.1. The second-order valence-corrected chi connectivity index (χ2v) is 8.67. The Morgan fingerprint density at radius 2 is 1.58 bits per heavy atom. The van der Waals surface area contributed by atoms with E-state index in [2.05, 4.69) is 24.0 Å². The minimum atomic E-state index is -4.40. The summed E-state index contributed by atoms with van der Waals surface area (Å²) < 4.78 is 41.3. The Labute approximate surface area is 192 Å². The number of hydrogen-bond donors (Lipinski definition) is 0. The molecule has 4 rings (SSSR count). The molecule has 174 valence electrons. The van der Waals surface area contributed by atoms with Crippen LogP contribution >= 0.6 is 0 Å². The summed E-state index contributed by atoms with van der Waals surface area (Å²) in [7, 11) is 0. The fourth-order valence-corrected chi connectivity index (χ4v) is 4.58. The van der Waals surface area contributed by atoms with Crippen LogP contribution in [0.15, 0.2) is 54.6 Å². The predicted octanol–water partition coefficient (Wildman–Crippen LogP) is 5.44. The van der Waals surface area contributed by atoms with Gasteiger partial charge >= 0.3 is 6.18 Å². The fourth-order valence-electron chi connectivity index (χ4n) is 4.58. The van der Waals surface area contributed by atoms with Gasteiger partial charge in [0.05, 0.1) is 5.56 Å². The molecule has 2 aromatic carbocycles. The SMILES string of the molecule is Cc1ccccc1N1CCN(C(=O)c2c(C)cc(C)n2Cc2cccc(C(F)(F)F)c2)CC1. The fraction of sp³-hybridized carbons (Fsp3) is 0.346. The third kappa shape index (κ3) is 4.77. The zero-order valence-corrected chi connectivity index (χ0v) is 19.1. The summed E-state index contributed by atoms with van der Waals surface area (Å²) in [4.78, 5) is 17.6. The van der Waals surface area contributed by atoms with E-state index in [1.54, 1.807) is 6.07 Å². The normalized spacial score (nSPS) is 14.6. The maximum atomic E-state index is 13.5. The molecule has 1 saturated heterocycles. The van der Waals surface area contributed by atoms with Crippen molar-refractivity contribution in [2.75, 3.05) is 31.1 Å². The Hall–Kier alpha value is -3.22. The van der Waals surface area contributed by atoms with E-state index in [9.17, 15) is 18.0 Å². The molecule has 0 spiro atoms. The topological polar surface area (TPSA) is 28.5 Å². The van der Waals surface area contributed by atoms with Crippen LogP contribution in [0.3, 0.4) is 0 Å². The van der Waals surface area contributed by atoms with Gasteiger partial charge in [0.1, 0.15) is 5.69 Å². The van der Waals surface area contributed by atoms with Gasteiger partial charge in [-0.25, -0.2) is 0 Å². The van der Waals surface area contributed by atoms with Crippen LogP contribution in [-0.4, -0.2) is 41.6 Å². The molecule has 0 N–H and O–H groups in total. The second-order valence-electron chi connectivity index (χ2n) is 8.67. The van der Waals surface area contributed by atoms with Gasteiger partial charge in [0.25, 0.3) is 5.91 Å². The average Bonchev–Trinajstić information content (AvgIpc) is 3.06. The molecule has 3 aromatic rings. The number of hydrogen-bond acceptors (Lipinski definition) is 2. The molecule has 0 unspecified atom stereocenters.